The molecule has 1 amide bonds. The fourth-order valence-corrected chi connectivity index (χ4v) is 2.32. The Hall–Kier alpha value is -2.29. The molecule has 0 bridgehead atoms. The standard InChI is InChI=1S/C16H15ClFN3O3S/c1-21(25(23)24)14-5-2-12(8-13(14)18)10-20-16(22)7-4-11-3-6-15(17)19-9-11/h2-9H,10H2,1H3,(H,20,22)(H,23,24)/p-1. The van der Waals surface area contributed by atoms with Gasteiger partial charge in [0.2, 0.25) is 5.91 Å². The SMILES string of the molecule is CN(c1ccc(CNC(=O)C=Cc2ccc(Cl)nc2)cc1F)S(=O)[O-]. The number of pyridine rings is 1. The van der Waals surface area contributed by atoms with Gasteiger partial charge in [0.15, 0.2) is 0 Å². The topological polar surface area (TPSA) is 85.4 Å². The fourth-order valence-electron chi connectivity index (χ4n) is 1.90. The summed E-state index contributed by atoms with van der Waals surface area (Å²) in [5.41, 5.74) is 1.14. The number of rotatable bonds is 6. The molecule has 0 fully saturated rings. The minimum absolute atomic E-state index is 0.0708. The van der Waals surface area contributed by atoms with Gasteiger partial charge in [0.25, 0.3) is 0 Å². The van der Waals surface area contributed by atoms with Crippen molar-refractivity contribution in [1.82, 2.24) is 10.3 Å². The van der Waals surface area contributed by atoms with E-state index in [9.17, 15) is 17.9 Å². The first-order valence-electron chi connectivity index (χ1n) is 7.06. The zero-order valence-electron chi connectivity index (χ0n) is 13.1. The third kappa shape index (κ3) is 5.63. The third-order valence-electron chi connectivity index (χ3n) is 3.22. The van der Waals surface area contributed by atoms with Crippen molar-refractivity contribution in [3.05, 3.63) is 64.7 Å². The van der Waals surface area contributed by atoms with Crippen LogP contribution in [0.1, 0.15) is 11.1 Å². The Morgan fingerprint density at radius 1 is 1.44 bits per heavy atom. The number of anilines is 1. The highest BCUT2D eigenvalue weighted by Crippen LogP contribution is 2.20. The lowest BCUT2D eigenvalue weighted by Crippen LogP contribution is -2.22. The number of amides is 1. The van der Waals surface area contributed by atoms with Crippen molar-refractivity contribution in [3.63, 3.8) is 0 Å². The molecule has 0 aliphatic heterocycles. The average molecular weight is 383 g/mol. The van der Waals surface area contributed by atoms with Crippen LogP contribution >= 0.6 is 11.6 Å². The molecule has 6 nitrogen and oxygen atoms in total. The second kappa shape index (κ2) is 8.70. The van der Waals surface area contributed by atoms with Gasteiger partial charge in [0.05, 0.1) is 5.69 Å². The molecule has 0 radical (unpaired) electrons. The van der Waals surface area contributed by atoms with Gasteiger partial charge in [-0.25, -0.2) is 9.37 Å². The summed E-state index contributed by atoms with van der Waals surface area (Å²) >= 11 is 3.11. The van der Waals surface area contributed by atoms with Gasteiger partial charge in [-0.3, -0.25) is 9.00 Å². The smallest absolute Gasteiger partial charge is 0.244 e. The van der Waals surface area contributed by atoms with Crippen molar-refractivity contribution < 1.29 is 17.9 Å². The summed E-state index contributed by atoms with van der Waals surface area (Å²) in [4.78, 5) is 15.7. The lowest BCUT2D eigenvalue weighted by atomic mass is 10.2. The molecule has 25 heavy (non-hydrogen) atoms. The highest BCUT2D eigenvalue weighted by atomic mass is 35.5. The number of hydrogen-bond donors (Lipinski definition) is 1. The highest BCUT2D eigenvalue weighted by Gasteiger charge is 2.09. The van der Waals surface area contributed by atoms with E-state index in [0.29, 0.717) is 16.3 Å². The van der Waals surface area contributed by atoms with E-state index >= 15 is 0 Å². The van der Waals surface area contributed by atoms with Crippen LogP contribution in [-0.2, 0) is 22.6 Å². The van der Waals surface area contributed by atoms with Crippen molar-refractivity contribution in [2.24, 2.45) is 0 Å². The monoisotopic (exact) mass is 382 g/mol. The Labute approximate surface area is 151 Å². The van der Waals surface area contributed by atoms with Gasteiger partial charge in [-0.15, -0.1) is 0 Å². The molecule has 1 unspecified atom stereocenters. The van der Waals surface area contributed by atoms with Crippen molar-refractivity contribution in [2.75, 3.05) is 11.4 Å². The quantitative estimate of drug-likeness (QED) is 0.472. The zero-order chi connectivity index (χ0) is 18.4. The highest BCUT2D eigenvalue weighted by molar-refractivity contribution is 7.80. The summed E-state index contributed by atoms with van der Waals surface area (Å²) < 4.78 is 36.4. The predicted octanol–water partition coefficient (Wildman–Crippen LogP) is 2.43. The Morgan fingerprint density at radius 3 is 2.80 bits per heavy atom. The first kappa shape index (κ1) is 19.0. The van der Waals surface area contributed by atoms with Crippen LogP contribution in [0.25, 0.3) is 6.08 Å². The number of benzene rings is 1. The van der Waals surface area contributed by atoms with Crippen LogP contribution in [0.2, 0.25) is 5.15 Å². The van der Waals surface area contributed by atoms with Crippen LogP contribution in [0, 0.1) is 5.82 Å². The molecule has 2 aromatic rings. The van der Waals surface area contributed by atoms with Gasteiger partial charge in [0, 0.05) is 37.1 Å². The normalized spacial score (nSPS) is 12.2. The van der Waals surface area contributed by atoms with Crippen LogP contribution in [0.15, 0.2) is 42.6 Å². The molecular weight excluding hydrogens is 369 g/mol. The number of halogens is 2. The van der Waals surface area contributed by atoms with E-state index in [1.807, 2.05) is 0 Å². The van der Waals surface area contributed by atoms with Crippen molar-refractivity contribution in [1.29, 1.82) is 0 Å². The molecule has 0 saturated carbocycles. The van der Waals surface area contributed by atoms with Gasteiger partial charge in [-0.1, -0.05) is 23.7 Å². The molecule has 1 atom stereocenters. The summed E-state index contributed by atoms with van der Waals surface area (Å²) in [5, 5.41) is 2.96. The fraction of sp³-hybridized carbons (Fsp3) is 0.125. The Bertz CT molecular complexity index is 815. The van der Waals surface area contributed by atoms with Crippen LogP contribution < -0.4 is 9.62 Å². The maximum absolute atomic E-state index is 13.9. The zero-order valence-corrected chi connectivity index (χ0v) is 14.7. The molecule has 0 aliphatic rings. The number of aromatic nitrogens is 1. The maximum atomic E-state index is 13.9. The number of nitrogens with zero attached hydrogens (tertiary/aromatic N) is 2. The van der Waals surface area contributed by atoms with Crippen LogP contribution in [0.5, 0.6) is 0 Å². The molecule has 1 aromatic carbocycles. The minimum atomic E-state index is -2.56. The first-order chi connectivity index (χ1) is 11.9. The molecule has 9 heteroatoms. The van der Waals surface area contributed by atoms with Crippen molar-refractivity contribution in [2.45, 2.75) is 6.54 Å². The average Bonchev–Trinajstić information content (AvgIpc) is 2.59. The number of hydrogen-bond acceptors (Lipinski definition) is 4. The lowest BCUT2D eigenvalue weighted by Gasteiger charge is -2.21. The molecule has 1 N–H and O–H groups in total. The van der Waals surface area contributed by atoms with E-state index in [-0.39, 0.29) is 18.1 Å². The van der Waals surface area contributed by atoms with Gasteiger partial charge >= 0.3 is 0 Å². The summed E-state index contributed by atoms with van der Waals surface area (Å²) in [6.07, 6.45) is 4.42. The number of nitrogens with one attached hydrogen (secondary N) is 1. The van der Waals surface area contributed by atoms with Gasteiger partial charge in [-0.2, -0.15) is 0 Å². The summed E-state index contributed by atoms with van der Waals surface area (Å²) in [5.74, 6) is -1.06. The Balaban J connectivity index is 1.94. The molecule has 0 spiro atoms. The molecule has 132 valence electrons. The number of carbonyl (C=O) groups excluding carboxylic acids is 1. The Morgan fingerprint density at radius 2 is 2.20 bits per heavy atom. The van der Waals surface area contributed by atoms with Gasteiger partial charge in [0.1, 0.15) is 11.0 Å². The molecule has 1 aromatic heterocycles. The number of carbonyl (C=O) groups is 1. The Kier molecular flexibility index (Phi) is 6.63. The lowest BCUT2D eigenvalue weighted by molar-refractivity contribution is -0.116. The van der Waals surface area contributed by atoms with E-state index in [1.165, 1.54) is 37.5 Å². The van der Waals surface area contributed by atoms with E-state index in [2.05, 4.69) is 10.3 Å². The van der Waals surface area contributed by atoms with Gasteiger partial charge in [-0.05, 0) is 35.4 Å². The summed E-state index contributed by atoms with van der Waals surface area (Å²) in [6.45, 7) is 0.101. The third-order valence-corrected chi connectivity index (χ3v) is 4.09. The molecule has 2 rings (SSSR count). The summed E-state index contributed by atoms with van der Waals surface area (Å²) in [6, 6.07) is 7.36. The van der Waals surface area contributed by atoms with E-state index in [1.54, 1.807) is 18.2 Å². The van der Waals surface area contributed by atoms with E-state index in [4.69, 9.17) is 11.6 Å². The summed E-state index contributed by atoms with van der Waals surface area (Å²) in [7, 11) is 1.24. The molecule has 0 saturated heterocycles. The van der Waals surface area contributed by atoms with E-state index in [0.717, 1.165) is 4.31 Å². The first-order valence-corrected chi connectivity index (χ1v) is 8.47. The molecular formula is C16H14ClFN3O3S-. The van der Waals surface area contributed by atoms with Crippen LogP contribution in [0.3, 0.4) is 0 Å². The molecule has 0 aliphatic carbocycles. The van der Waals surface area contributed by atoms with Crippen LogP contribution in [-0.4, -0.2) is 26.7 Å². The van der Waals surface area contributed by atoms with E-state index < -0.39 is 17.1 Å². The van der Waals surface area contributed by atoms with Gasteiger partial charge < -0.3 is 14.2 Å². The maximum Gasteiger partial charge on any atom is 0.244 e. The van der Waals surface area contributed by atoms with Crippen molar-refractivity contribution in [3.8, 4) is 0 Å². The minimum Gasteiger partial charge on any atom is -0.755 e. The molecule has 1 heterocycles. The second-order valence-electron chi connectivity index (χ2n) is 4.97. The predicted molar refractivity (Wildman–Crippen MR) is 93.9 cm³/mol. The second-order valence-corrected chi connectivity index (χ2v) is 6.33. The van der Waals surface area contributed by atoms with Crippen LogP contribution in [0.4, 0.5) is 10.1 Å². The largest absolute Gasteiger partial charge is 0.755 e. The van der Waals surface area contributed by atoms with Crippen molar-refractivity contribution >= 4 is 40.5 Å².